The molecule has 0 saturated carbocycles. The molecule has 3 rings (SSSR count). The quantitative estimate of drug-likeness (QED) is 0.673. The highest BCUT2D eigenvalue weighted by molar-refractivity contribution is 5.56. The Bertz CT molecular complexity index is 754. The second-order valence-corrected chi connectivity index (χ2v) is 5.47. The fraction of sp³-hybridized carbons (Fsp3) is 0.143. The molecule has 0 heterocycles. The SMILES string of the molecule is COc1ccc(CNc2ccccc2OCc2ccccc2)cc1. The molecule has 24 heavy (non-hydrogen) atoms. The zero-order chi connectivity index (χ0) is 16.6. The molecule has 0 atom stereocenters. The first kappa shape index (κ1) is 15.9. The van der Waals surface area contributed by atoms with Crippen molar-refractivity contribution < 1.29 is 9.47 Å². The summed E-state index contributed by atoms with van der Waals surface area (Å²) in [6.07, 6.45) is 0. The first-order valence-electron chi connectivity index (χ1n) is 7.98. The lowest BCUT2D eigenvalue weighted by molar-refractivity contribution is 0.307. The summed E-state index contributed by atoms with van der Waals surface area (Å²) in [5.41, 5.74) is 3.33. The van der Waals surface area contributed by atoms with E-state index in [1.165, 1.54) is 5.56 Å². The van der Waals surface area contributed by atoms with Gasteiger partial charge in [-0.1, -0.05) is 54.6 Å². The number of rotatable bonds is 7. The van der Waals surface area contributed by atoms with E-state index in [-0.39, 0.29) is 0 Å². The topological polar surface area (TPSA) is 30.5 Å². The Morgan fingerprint density at radius 2 is 1.46 bits per heavy atom. The van der Waals surface area contributed by atoms with Gasteiger partial charge in [-0.15, -0.1) is 0 Å². The van der Waals surface area contributed by atoms with Crippen LogP contribution in [0, 0.1) is 0 Å². The van der Waals surface area contributed by atoms with Crippen LogP contribution in [0.4, 0.5) is 5.69 Å². The summed E-state index contributed by atoms with van der Waals surface area (Å²) in [5, 5.41) is 3.44. The summed E-state index contributed by atoms with van der Waals surface area (Å²) in [6.45, 7) is 1.29. The zero-order valence-electron chi connectivity index (χ0n) is 13.7. The fourth-order valence-corrected chi connectivity index (χ4v) is 2.41. The normalized spacial score (nSPS) is 10.2. The molecule has 1 N–H and O–H groups in total. The van der Waals surface area contributed by atoms with Crippen molar-refractivity contribution in [1.82, 2.24) is 0 Å². The van der Waals surface area contributed by atoms with Crippen LogP contribution >= 0.6 is 0 Å². The smallest absolute Gasteiger partial charge is 0.142 e. The van der Waals surface area contributed by atoms with Crippen LogP contribution in [-0.2, 0) is 13.2 Å². The largest absolute Gasteiger partial charge is 0.497 e. The summed E-state index contributed by atoms with van der Waals surface area (Å²) < 4.78 is 11.2. The van der Waals surface area contributed by atoms with Gasteiger partial charge >= 0.3 is 0 Å². The van der Waals surface area contributed by atoms with Gasteiger partial charge in [0.15, 0.2) is 0 Å². The standard InChI is InChI=1S/C21H21NO2/c1-23-19-13-11-17(12-14-19)15-22-20-9-5-6-10-21(20)24-16-18-7-3-2-4-8-18/h2-14,22H,15-16H2,1H3. The van der Waals surface area contributed by atoms with Crippen molar-refractivity contribution in [3.8, 4) is 11.5 Å². The van der Waals surface area contributed by atoms with Gasteiger partial charge in [0, 0.05) is 6.54 Å². The second-order valence-electron chi connectivity index (χ2n) is 5.47. The number of nitrogens with one attached hydrogen (secondary N) is 1. The third kappa shape index (κ3) is 4.29. The molecule has 0 radical (unpaired) electrons. The lowest BCUT2D eigenvalue weighted by Crippen LogP contribution is -2.03. The zero-order valence-corrected chi connectivity index (χ0v) is 13.7. The van der Waals surface area contributed by atoms with Gasteiger partial charge in [0.05, 0.1) is 12.8 Å². The van der Waals surface area contributed by atoms with Crippen molar-refractivity contribution in [2.75, 3.05) is 12.4 Å². The molecule has 3 heteroatoms. The number of para-hydroxylation sites is 2. The first-order chi connectivity index (χ1) is 11.8. The van der Waals surface area contributed by atoms with Gasteiger partial charge in [-0.3, -0.25) is 0 Å². The van der Waals surface area contributed by atoms with Gasteiger partial charge in [0.2, 0.25) is 0 Å². The van der Waals surface area contributed by atoms with E-state index in [4.69, 9.17) is 9.47 Å². The maximum Gasteiger partial charge on any atom is 0.142 e. The second kappa shape index (κ2) is 8.06. The molecule has 0 amide bonds. The Morgan fingerprint density at radius 3 is 2.21 bits per heavy atom. The van der Waals surface area contributed by atoms with Gasteiger partial charge in [-0.25, -0.2) is 0 Å². The summed E-state index contributed by atoms with van der Waals surface area (Å²) >= 11 is 0. The monoisotopic (exact) mass is 319 g/mol. The average Bonchev–Trinajstić information content (AvgIpc) is 2.66. The van der Waals surface area contributed by atoms with Crippen molar-refractivity contribution in [2.45, 2.75) is 13.2 Å². The summed E-state index contributed by atoms with van der Waals surface area (Å²) in [7, 11) is 1.67. The fourth-order valence-electron chi connectivity index (χ4n) is 2.41. The van der Waals surface area contributed by atoms with Gasteiger partial charge < -0.3 is 14.8 Å². The lowest BCUT2D eigenvalue weighted by atomic mass is 10.2. The molecule has 0 aliphatic carbocycles. The minimum Gasteiger partial charge on any atom is -0.497 e. The number of hydrogen-bond acceptors (Lipinski definition) is 3. The number of methoxy groups -OCH3 is 1. The van der Waals surface area contributed by atoms with Crippen LogP contribution in [0.3, 0.4) is 0 Å². The third-order valence-corrected chi connectivity index (χ3v) is 3.77. The number of hydrogen-bond donors (Lipinski definition) is 1. The van der Waals surface area contributed by atoms with Crippen LogP contribution < -0.4 is 14.8 Å². The summed E-state index contributed by atoms with van der Waals surface area (Å²) in [5.74, 6) is 1.72. The molecule has 0 bridgehead atoms. The summed E-state index contributed by atoms with van der Waals surface area (Å²) in [4.78, 5) is 0. The molecular formula is C21H21NO2. The molecule has 0 aromatic heterocycles. The highest BCUT2D eigenvalue weighted by atomic mass is 16.5. The van der Waals surface area contributed by atoms with E-state index >= 15 is 0 Å². The molecule has 0 aliphatic heterocycles. The molecule has 0 aliphatic rings. The van der Waals surface area contributed by atoms with Crippen LogP contribution in [0.1, 0.15) is 11.1 Å². The Morgan fingerprint density at radius 1 is 0.750 bits per heavy atom. The van der Waals surface area contributed by atoms with Crippen molar-refractivity contribution in [1.29, 1.82) is 0 Å². The number of anilines is 1. The average molecular weight is 319 g/mol. The highest BCUT2D eigenvalue weighted by Gasteiger charge is 2.03. The predicted octanol–water partition coefficient (Wildman–Crippen LogP) is 4.89. The highest BCUT2D eigenvalue weighted by Crippen LogP contribution is 2.25. The minimum absolute atomic E-state index is 0.558. The Kier molecular flexibility index (Phi) is 5.36. The van der Waals surface area contributed by atoms with Gasteiger partial charge in [-0.05, 0) is 35.4 Å². The van der Waals surface area contributed by atoms with Crippen LogP contribution in [0.25, 0.3) is 0 Å². The van der Waals surface area contributed by atoms with Crippen molar-refractivity contribution >= 4 is 5.69 Å². The van der Waals surface area contributed by atoms with Crippen LogP contribution in [0.15, 0.2) is 78.9 Å². The van der Waals surface area contributed by atoms with Crippen molar-refractivity contribution in [3.63, 3.8) is 0 Å². The third-order valence-electron chi connectivity index (χ3n) is 3.77. The van der Waals surface area contributed by atoms with Crippen molar-refractivity contribution in [3.05, 3.63) is 90.0 Å². The van der Waals surface area contributed by atoms with E-state index in [1.54, 1.807) is 7.11 Å². The Labute approximate surface area is 142 Å². The van der Waals surface area contributed by atoms with Gasteiger partial charge in [0.25, 0.3) is 0 Å². The Hall–Kier alpha value is -2.94. The van der Waals surface area contributed by atoms with Crippen molar-refractivity contribution in [2.24, 2.45) is 0 Å². The molecule has 0 saturated heterocycles. The predicted molar refractivity (Wildman–Crippen MR) is 97.5 cm³/mol. The number of ether oxygens (including phenoxy) is 2. The van der Waals surface area contributed by atoms with Crippen LogP contribution in [0.5, 0.6) is 11.5 Å². The number of benzene rings is 3. The van der Waals surface area contributed by atoms with Crippen LogP contribution in [-0.4, -0.2) is 7.11 Å². The van der Waals surface area contributed by atoms with Gasteiger partial charge in [0.1, 0.15) is 18.1 Å². The molecule has 122 valence electrons. The maximum absolute atomic E-state index is 5.97. The van der Waals surface area contributed by atoms with E-state index in [2.05, 4.69) is 29.6 Å². The van der Waals surface area contributed by atoms with E-state index in [0.29, 0.717) is 6.61 Å². The van der Waals surface area contributed by atoms with Crippen LogP contribution in [0.2, 0.25) is 0 Å². The molecule has 3 nitrogen and oxygen atoms in total. The van der Waals surface area contributed by atoms with E-state index < -0.39 is 0 Å². The summed E-state index contributed by atoms with van der Waals surface area (Å²) in [6, 6.07) is 26.2. The minimum atomic E-state index is 0.558. The first-order valence-corrected chi connectivity index (χ1v) is 7.98. The maximum atomic E-state index is 5.97. The van der Waals surface area contributed by atoms with Gasteiger partial charge in [-0.2, -0.15) is 0 Å². The lowest BCUT2D eigenvalue weighted by Gasteiger charge is -2.13. The molecule has 0 unspecified atom stereocenters. The van der Waals surface area contributed by atoms with E-state index in [9.17, 15) is 0 Å². The molecule has 3 aromatic rings. The van der Waals surface area contributed by atoms with E-state index in [0.717, 1.165) is 29.3 Å². The molecule has 3 aromatic carbocycles. The van der Waals surface area contributed by atoms with E-state index in [1.807, 2.05) is 54.6 Å². The molecule has 0 fully saturated rings. The Balaban J connectivity index is 1.63. The molecular weight excluding hydrogens is 298 g/mol. The molecule has 0 spiro atoms.